The minimum absolute atomic E-state index is 0.490. The summed E-state index contributed by atoms with van der Waals surface area (Å²) in [7, 11) is -0.860. The Morgan fingerprint density at radius 1 is 1.88 bits per heavy atom. The summed E-state index contributed by atoms with van der Waals surface area (Å²) < 4.78 is 10.7. The minimum Gasteiger partial charge on any atom is -0.394 e. The molecule has 0 aromatic rings. The zero-order valence-electron chi connectivity index (χ0n) is 4.59. The van der Waals surface area contributed by atoms with E-state index in [0.717, 1.165) is 0 Å². The molecule has 1 atom stereocenters. The average Bonchev–Trinajstić information content (AvgIpc) is 1.77. The number of hydrogen-bond donors (Lipinski definition) is 0. The van der Waals surface area contributed by atoms with Gasteiger partial charge in [0.1, 0.15) is 11.7 Å². The van der Waals surface area contributed by atoms with Crippen molar-refractivity contribution in [1.29, 1.82) is 0 Å². The third kappa shape index (κ3) is 1.06. The molecule has 0 fully saturated rings. The summed E-state index contributed by atoms with van der Waals surface area (Å²) >= 11 is 0. The molecule has 0 saturated heterocycles. The van der Waals surface area contributed by atoms with Crippen LogP contribution in [0.2, 0.25) is 0 Å². The lowest BCUT2D eigenvalue weighted by atomic mass is 10.8. The molecule has 0 saturated carbocycles. The summed E-state index contributed by atoms with van der Waals surface area (Å²) in [5.74, 6) is 0.593. The zero-order valence-corrected chi connectivity index (χ0v) is 5.40. The second-order valence-electron chi connectivity index (χ2n) is 1.49. The standard InChI is InChI=1S/C4H7NO2S/c1-4-5-7-2-3-8(4)6/h2-3H2,1H3. The lowest BCUT2D eigenvalue weighted by molar-refractivity contribution is 0.159. The van der Waals surface area contributed by atoms with E-state index in [4.69, 9.17) is 0 Å². The zero-order chi connectivity index (χ0) is 5.98. The molecule has 1 aliphatic heterocycles. The maximum Gasteiger partial charge on any atom is 0.140 e. The number of rotatable bonds is 0. The molecule has 3 nitrogen and oxygen atoms in total. The number of hydrogen-bond acceptors (Lipinski definition) is 3. The van der Waals surface area contributed by atoms with E-state index in [2.05, 4.69) is 9.99 Å². The van der Waals surface area contributed by atoms with E-state index in [0.29, 0.717) is 17.4 Å². The molecule has 1 heterocycles. The van der Waals surface area contributed by atoms with Crippen LogP contribution in [-0.2, 0) is 15.6 Å². The van der Waals surface area contributed by atoms with E-state index in [1.54, 1.807) is 6.92 Å². The van der Waals surface area contributed by atoms with Gasteiger partial charge in [0.2, 0.25) is 0 Å². The first kappa shape index (κ1) is 5.75. The van der Waals surface area contributed by atoms with Crippen LogP contribution in [0.3, 0.4) is 0 Å². The van der Waals surface area contributed by atoms with Crippen LogP contribution in [0.1, 0.15) is 6.92 Å². The predicted molar refractivity (Wildman–Crippen MR) is 32.1 cm³/mol. The quantitative estimate of drug-likeness (QED) is 0.470. The van der Waals surface area contributed by atoms with Gasteiger partial charge in [0.15, 0.2) is 0 Å². The normalized spacial score (nSPS) is 28.6. The number of oxime groups is 1. The average molecular weight is 133 g/mol. The van der Waals surface area contributed by atoms with Crippen molar-refractivity contribution >= 4 is 15.8 Å². The Kier molecular flexibility index (Phi) is 1.62. The van der Waals surface area contributed by atoms with E-state index in [1.165, 1.54) is 0 Å². The lowest BCUT2D eigenvalue weighted by Crippen LogP contribution is -2.16. The van der Waals surface area contributed by atoms with Crippen molar-refractivity contribution in [2.45, 2.75) is 6.92 Å². The fourth-order valence-electron chi connectivity index (χ4n) is 0.439. The van der Waals surface area contributed by atoms with Gasteiger partial charge in [-0.05, 0) is 6.92 Å². The molecule has 1 aliphatic rings. The maximum absolute atomic E-state index is 10.7. The smallest absolute Gasteiger partial charge is 0.140 e. The molecule has 8 heavy (non-hydrogen) atoms. The van der Waals surface area contributed by atoms with Crippen LogP contribution in [0.25, 0.3) is 0 Å². The van der Waals surface area contributed by atoms with E-state index in [9.17, 15) is 4.21 Å². The van der Waals surface area contributed by atoms with Crippen LogP contribution in [0.15, 0.2) is 5.16 Å². The molecule has 0 aromatic carbocycles. The van der Waals surface area contributed by atoms with Crippen molar-refractivity contribution in [3.63, 3.8) is 0 Å². The highest BCUT2D eigenvalue weighted by atomic mass is 32.2. The molecule has 4 heteroatoms. The first-order chi connectivity index (χ1) is 3.80. The van der Waals surface area contributed by atoms with Crippen molar-refractivity contribution in [3.05, 3.63) is 0 Å². The van der Waals surface area contributed by atoms with Crippen LogP contribution >= 0.6 is 0 Å². The van der Waals surface area contributed by atoms with E-state index in [1.807, 2.05) is 0 Å². The second-order valence-corrected chi connectivity index (χ2v) is 3.18. The Balaban J connectivity index is 2.67. The SMILES string of the molecule is CC1=NOCCS1=O. The third-order valence-corrected chi connectivity index (χ3v) is 2.15. The van der Waals surface area contributed by atoms with Crippen molar-refractivity contribution < 1.29 is 9.05 Å². The van der Waals surface area contributed by atoms with Gasteiger partial charge in [0.05, 0.1) is 16.6 Å². The van der Waals surface area contributed by atoms with Crippen LogP contribution in [0.5, 0.6) is 0 Å². The Labute approximate surface area is 50.2 Å². The predicted octanol–water partition coefficient (Wildman–Crippen LogP) is 0.0987. The molecule has 0 bridgehead atoms. The van der Waals surface area contributed by atoms with Gasteiger partial charge < -0.3 is 4.84 Å². The molecule has 0 aliphatic carbocycles. The lowest BCUT2D eigenvalue weighted by Gasteiger charge is -2.05. The van der Waals surface area contributed by atoms with Gasteiger partial charge in [-0.25, -0.2) is 0 Å². The van der Waals surface area contributed by atoms with Gasteiger partial charge >= 0.3 is 0 Å². The molecule has 1 rings (SSSR count). The van der Waals surface area contributed by atoms with Crippen LogP contribution in [-0.4, -0.2) is 21.6 Å². The first-order valence-electron chi connectivity index (χ1n) is 2.35. The van der Waals surface area contributed by atoms with Crippen molar-refractivity contribution in [3.8, 4) is 0 Å². The Morgan fingerprint density at radius 2 is 2.62 bits per heavy atom. The van der Waals surface area contributed by atoms with Gasteiger partial charge in [-0.2, -0.15) is 0 Å². The van der Waals surface area contributed by atoms with Gasteiger partial charge in [-0.1, -0.05) is 5.16 Å². The fourth-order valence-corrected chi connectivity index (χ4v) is 1.10. The summed E-state index contributed by atoms with van der Waals surface area (Å²) in [4.78, 5) is 4.65. The van der Waals surface area contributed by atoms with E-state index < -0.39 is 10.8 Å². The molecule has 0 spiro atoms. The van der Waals surface area contributed by atoms with E-state index in [-0.39, 0.29) is 0 Å². The molecule has 1 unspecified atom stereocenters. The Bertz CT molecular complexity index is 143. The Morgan fingerprint density at radius 3 is 3.00 bits per heavy atom. The third-order valence-electron chi connectivity index (χ3n) is 0.883. The van der Waals surface area contributed by atoms with Crippen molar-refractivity contribution in [2.75, 3.05) is 12.4 Å². The van der Waals surface area contributed by atoms with Crippen LogP contribution in [0, 0.1) is 0 Å². The highest BCUT2D eigenvalue weighted by molar-refractivity contribution is 8.00. The van der Waals surface area contributed by atoms with Crippen LogP contribution in [0.4, 0.5) is 0 Å². The molecular weight excluding hydrogens is 126 g/mol. The van der Waals surface area contributed by atoms with Crippen molar-refractivity contribution in [1.82, 2.24) is 0 Å². The molecular formula is C4H7NO2S. The minimum atomic E-state index is -0.860. The molecule has 0 amide bonds. The van der Waals surface area contributed by atoms with Gasteiger partial charge in [-0.15, -0.1) is 0 Å². The maximum atomic E-state index is 10.7. The van der Waals surface area contributed by atoms with Crippen LogP contribution < -0.4 is 0 Å². The summed E-state index contributed by atoms with van der Waals surface area (Å²) in [6.45, 7) is 2.19. The molecule has 46 valence electrons. The summed E-state index contributed by atoms with van der Waals surface area (Å²) in [5.41, 5.74) is 0. The van der Waals surface area contributed by atoms with Gasteiger partial charge in [0.25, 0.3) is 0 Å². The second kappa shape index (κ2) is 2.26. The highest BCUT2D eigenvalue weighted by Gasteiger charge is 2.08. The fraction of sp³-hybridized carbons (Fsp3) is 0.750. The first-order valence-corrected chi connectivity index (χ1v) is 3.67. The topological polar surface area (TPSA) is 38.7 Å². The molecule has 0 N–H and O–H groups in total. The Hall–Kier alpha value is -0.380. The highest BCUT2D eigenvalue weighted by Crippen LogP contribution is 1.95. The summed E-state index contributed by atoms with van der Waals surface area (Å²) in [6, 6.07) is 0. The summed E-state index contributed by atoms with van der Waals surface area (Å²) in [5, 5.41) is 4.12. The molecule has 0 radical (unpaired) electrons. The van der Waals surface area contributed by atoms with E-state index >= 15 is 0 Å². The van der Waals surface area contributed by atoms with Crippen molar-refractivity contribution in [2.24, 2.45) is 5.16 Å². The van der Waals surface area contributed by atoms with Gasteiger partial charge in [-0.3, -0.25) is 4.21 Å². The molecule has 0 aromatic heterocycles. The number of nitrogens with zero attached hydrogens (tertiary/aromatic N) is 1. The summed E-state index contributed by atoms with van der Waals surface area (Å²) in [6.07, 6.45) is 0. The van der Waals surface area contributed by atoms with Gasteiger partial charge in [0, 0.05) is 0 Å². The largest absolute Gasteiger partial charge is 0.394 e. The monoisotopic (exact) mass is 133 g/mol.